The first-order chi connectivity index (χ1) is 10.8. The Bertz CT molecular complexity index is 561. The van der Waals surface area contributed by atoms with Crippen LogP contribution in [0, 0.1) is 0 Å². The molecule has 0 amide bonds. The average Bonchev–Trinajstić information content (AvgIpc) is 3.22. The largest absolute Gasteiger partial charge is 1.00 e. The molecule has 0 atom stereocenters. The molecule has 0 saturated carbocycles. The summed E-state index contributed by atoms with van der Waals surface area (Å²) in [6, 6.07) is 13.3. The van der Waals surface area contributed by atoms with Crippen molar-refractivity contribution in [2.75, 3.05) is 13.5 Å². The van der Waals surface area contributed by atoms with Gasteiger partial charge >= 0.3 is 0 Å². The van der Waals surface area contributed by atoms with Gasteiger partial charge in [-0.2, -0.15) is 0 Å². The van der Waals surface area contributed by atoms with Crippen LogP contribution in [0.4, 0.5) is 0 Å². The maximum absolute atomic E-state index is 5.72. The molecule has 124 valence electrons. The van der Waals surface area contributed by atoms with Crippen LogP contribution in [0.5, 0.6) is 0 Å². The molecule has 0 radical (unpaired) electrons. The first kappa shape index (κ1) is 19.1. The summed E-state index contributed by atoms with van der Waals surface area (Å²) in [7, 11) is 0.600. The highest BCUT2D eigenvalue weighted by Gasteiger charge is 2.39. The number of methoxy groups -OCH3 is 1. The maximum atomic E-state index is 5.72. The molecule has 0 unspecified atom stereocenters. The Hall–Kier alpha value is -0.220. The van der Waals surface area contributed by atoms with Crippen molar-refractivity contribution in [3.05, 3.63) is 67.2 Å². The lowest BCUT2D eigenvalue weighted by molar-refractivity contribution is -0.00000457. The fraction of sp³-hybridized carbons (Fsp3) is 0.294. The summed E-state index contributed by atoms with van der Waals surface area (Å²) in [4.78, 5) is 4.50. The van der Waals surface area contributed by atoms with Crippen LogP contribution in [0.15, 0.2) is 52.5 Å². The van der Waals surface area contributed by atoms with E-state index in [2.05, 4.69) is 52.5 Å². The number of rotatable bonds is 8. The van der Waals surface area contributed by atoms with Gasteiger partial charge < -0.3 is 17.1 Å². The van der Waals surface area contributed by atoms with Crippen molar-refractivity contribution in [2.24, 2.45) is 0 Å². The third-order valence-corrected chi connectivity index (χ3v) is 10.7. The third-order valence-electron chi connectivity index (χ3n) is 3.62. The molecular formula is C17H20ClOPS3. The first-order valence-electron chi connectivity index (χ1n) is 7.21. The number of thiophene rings is 3. The van der Waals surface area contributed by atoms with Gasteiger partial charge in [-0.25, -0.2) is 0 Å². The van der Waals surface area contributed by atoms with Crippen LogP contribution in [0.25, 0.3) is 0 Å². The zero-order valence-corrected chi connectivity index (χ0v) is 17.1. The number of hydrogen-bond donors (Lipinski definition) is 0. The summed E-state index contributed by atoms with van der Waals surface area (Å²) in [6.07, 6.45) is 4.47. The minimum atomic E-state index is -1.25. The van der Waals surface area contributed by atoms with Gasteiger partial charge in [-0.3, -0.25) is 0 Å². The summed E-state index contributed by atoms with van der Waals surface area (Å²) >= 11 is 5.64. The fourth-order valence-corrected chi connectivity index (χ4v) is 11.1. The van der Waals surface area contributed by atoms with Crippen molar-refractivity contribution in [3.8, 4) is 0 Å². The second-order valence-corrected chi connectivity index (χ2v) is 12.5. The van der Waals surface area contributed by atoms with Crippen LogP contribution in [-0.2, 0) is 23.2 Å². The predicted molar refractivity (Wildman–Crippen MR) is 103 cm³/mol. The minimum absolute atomic E-state index is 0. The van der Waals surface area contributed by atoms with E-state index in [-0.39, 0.29) is 12.4 Å². The number of ether oxygens (including phenoxy) is 1. The third kappa shape index (κ3) is 5.38. The maximum Gasteiger partial charge on any atom is 0.157 e. The van der Waals surface area contributed by atoms with Gasteiger partial charge in [0.2, 0.25) is 0 Å². The zero-order chi connectivity index (χ0) is 15.3. The van der Waals surface area contributed by atoms with Crippen LogP contribution < -0.4 is 12.4 Å². The molecule has 0 aromatic carbocycles. The summed E-state index contributed by atoms with van der Waals surface area (Å²) in [5.41, 5.74) is 0. The van der Waals surface area contributed by atoms with Crippen LogP contribution in [0.1, 0.15) is 14.6 Å². The second-order valence-electron chi connectivity index (χ2n) is 5.47. The predicted octanol–water partition coefficient (Wildman–Crippen LogP) is 3.40. The summed E-state index contributed by atoms with van der Waals surface area (Å²) in [5, 5.41) is 6.56. The van der Waals surface area contributed by atoms with Crippen LogP contribution >= 0.6 is 41.3 Å². The van der Waals surface area contributed by atoms with Crippen molar-refractivity contribution >= 4 is 41.3 Å². The van der Waals surface area contributed by atoms with Gasteiger partial charge in [0.1, 0.15) is 0 Å². The SMILES string of the molecule is COC[P+](Cc1cccs1)(Cc1cccs1)Cc1cccs1.[Cl-]. The lowest BCUT2D eigenvalue weighted by Gasteiger charge is -2.25. The number of hydrogen-bond acceptors (Lipinski definition) is 4. The van der Waals surface area contributed by atoms with E-state index in [1.165, 1.54) is 33.1 Å². The van der Waals surface area contributed by atoms with Crippen molar-refractivity contribution in [2.45, 2.75) is 18.5 Å². The highest BCUT2D eigenvalue weighted by atomic mass is 35.5. The standard InChI is InChI=1S/C17H20OPS3.ClH/c1-18-14-19(11-15-5-2-8-20-15,12-16-6-3-9-21-16)13-17-7-4-10-22-17;/h2-10H,11-14H2,1H3;1H/q+1;/p-1. The molecule has 0 aliphatic heterocycles. The molecule has 0 N–H and O–H groups in total. The monoisotopic (exact) mass is 402 g/mol. The van der Waals surface area contributed by atoms with Crippen molar-refractivity contribution in [1.82, 2.24) is 0 Å². The molecule has 23 heavy (non-hydrogen) atoms. The van der Waals surface area contributed by atoms with Crippen LogP contribution in [-0.4, -0.2) is 13.5 Å². The molecule has 6 heteroatoms. The topological polar surface area (TPSA) is 9.23 Å². The minimum Gasteiger partial charge on any atom is -1.00 e. The van der Waals surface area contributed by atoms with Gasteiger partial charge in [0, 0.05) is 21.7 Å². The normalized spacial score (nSPS) is 11.3. The van der Waals surface area contributed by atoms with E-state index < -0.39 is 7.26 Å². The Balaban J connectivity index is 0.00000192. The lowest BCUT2D eigenvalue weighted by Crippen LogP contribution is -3.00. The molecule has 0 aliphatic rings. The summed E-state index contributed by atoms with van der Waals surface area (Å²) in [6.45, 7) is 0. The molecule has 3 aromatic heterocycles. The van der Waals surface area contributed by atoms with E-state index in [0.29, 0.717) is 0 Å². The molecule has 3 heterocycles. The first-order valence-corrected chi connectivity index (χ1v) is 12.4. The smallest absolute Gasteiger partial charge is 0.157 e. The Morgan fingerprint density at radius 1 is 0.783 bits per heavy atom. The van der Waals surface area contributed by atoms with E-state index >= 15 is 0 Å². The molecule has 3 aromatic rings. The van der Waals surface area contributed by atoms with Crippen molar-refractivity contribution in [3.63, 3.8) is 0 Å². The Morgan fingerprint density at radius 2 is 1.17 bits per heavy atom. The second kappa shape index (κ2) is 9.31. The highest BCUT2D eigenvalue weighted by Crippen LogP contribution is 2.67. The quantitative estimate of drug-likeness (QED) is 0.525. The van der Waals surface area contributed by atoms with E-state index in [1.54, 1.807) is 0 Å². The van der Waals surface area contributed by atoms with E-state index in [4.69, 9.17) is 4.74 Å². The van der Waals surface area contributed by atoms with E-state index in [9.17, 15) is 0 Å². The highest BCUT2D eigenvalue weighted by molar-refractivity contribution is 7.74. The van der Waals surface area contributed by atoms with Crippen LogP contribution in [0.3, 0.4) is 0 Å². The summed E-state index contributed by atoms with van der Waals surface area (Å²) in [5.74, 6) is 0. The molecule has 1 nitrogen and oxygen atoms in total. The Labute approximate surface area is 157 Å². The Morgan fingerprint density at radius 3 is 1.43 bits per heavy atom. The molecule has 0 saturated heterocycles. The van der Waals surface area contributed by atoms with Gasteiger partial charge in [-0.05, 0) is 34.3 Å². The van der Waals surface area contributed by atoms with Gasteiger partial charge in [0.15, 0.2) is 6.35 Å². The lowest BCUT2D eigenvalue weighted by atomic mass is 10.5. The van der Waals surface area contributed by atoms with Crippen molar-refractivity contribution in [1.29, 1.82) is 0 Å². The molecule has 0 spiro atoms. The van der Waals surface area contributed by atoms with E-state index in [0.717, 1.165) is 6.35 Å². The molecule has 0 bridgehead atoms. The van der Waals surface area contributed by atoms with E-state index in [1.807, 2.05) is 41.1 Å². The fourth-order valence-electron chi connectivity index (χ4n) is 2.78. The molecular weight excluding hydrogens is 383 g/mol. The van der Waals surface area contributed by atoms with Crippen molar-refractivity contribution < 1.29 is 17.1 Å². The molecule has 0 aliphatic carbocycles. The zero-order valence-electron chi connectivity index (χ0n) is 13.0. The molecule has 3 rings (SSSR count). The van der Waals surface area contributed by atoms with Gasteiger partial charge in [-0.1, -0.05) is 18.2 Å². The van der Waals surface area contributed by atoms with Gasteiger partial charge in [0.05, 0.1) is 25.7 Å². The molecule has 0 fully saturated rings. The van der Waals surface area contributed by atoms with Gasteiger partial charge in [0.25, 0.3) is 0 Å². The number of halogens is 1. The van der Waals surface area contributed by atoms with Crippen LogP contribution in [0.2, 0.25) is 0 Å². The summed E-state index contributed by atoms with van der Waals surface area (Å²) < 4.78 is 5.72. The Kier molecular flexibility index (Phi) is 7.74. The average molecular weight is 403 g/mol. The van der Waals surface area contributed by atoms with Gasteiger partial charge in [-0.15, -0.1) is 34.0 Å².